The van der Waals surface area contributed by atoms with Crippen LogP contribution in [-0.2, 0) is 4.79 Å². The van der Waals surface area contributed by atoms with E-state index in [2.05, 4.69) is 15.6 Å². The number of anilines is 1. The number of nitrogens with zero attached hydrogens (tertiary/aromatic N) is 1. The maximum absolute atomic E-state index is 12.2. The van der Waals surface area contributed by atoms with Crippen LogP contribution in [0.25, 0.3) is 10.2 Å². The molecule has 0 spiro atoms. The van der Waals surface area contributed by atoms with Gasteiger partial charge in [-0.15, -0.1) is 11.3 Å². The van der Waals surface area contributed by atoms with Crippen LogP contribution in [0, 0.1) is 0 Å². The molecular formula is C13H14N4O2S. The summed E-state index contributed by atoms with van der Waals surface area (Å²) in [6, 6.07) is 3.71. The van der Waals surface area contributed by atoms with Crippen LogP contribution in [0.3, 0.4) is 0 Å². The Kier molecular flexibility index (Phi) is 3.27. The summed E-state index contributed by atoms with van der Waals surface area (Å²) in [4.78, 5) is 27.9. The van der Waals surface area contributed by atoms with E-state index in [0.29, 0.717) is 29.0 Å². The summed E-state index contributed by atoms with van der Waals surface area (Å²) in [5, 5.41) is 5.62. The third-order valence-electron chi connectivity index (χ3n) is 3.28. The second-order valence-corrected chi connectivity index (χ2v) is 5.76. The van der Waals surface area contributed by atoms with Crippen LogP contribution in [0.15, 0.2) is 18.3 Å². The third kappa shape index (κ3) is 2.32. The standard InChI is InChI=1S/C13H14N4O2S/c14-10-11-8(2-1-5-15-11)20-12(10)13(19)16-6-7-3-4-9(18)17-7/h1-2,5,7H,3-4,6,14H2,(H,16,19)(H,17,18). The van der Waals surface area contributed by atoms with E-state index in [4.69, 9.17) is 5.73 Å². The molecule has 0 radical (unpaired) electrons. The quantitative estimate of drug-likeness (QED) is 0.782. The fourth-order valence-corrected chi connectivity index (χ4v) is 3.24. The number of hydrogen-bond acceptors (Lipinski definition) is 5. The molecule has 2 aromatic rings. The zero-order valence-electron chi connectivity index (χ0n) is 10.7. The highest BCUT2D eigenvalue weighted by molar-refractivity contribution is 7.21. The van der Waals surface area contributed by atoms with Gasteiger partial charge in [-0.25, -0.2) is 0 Å². The Morgan fingerprint density at radius 3 is 3.15 bits per heavy atom. The molecule has 3 rings (SSSR count). The molecule has 0 saturated carbocycles. The van der Waals surface area contributed by atoms with Gasteiger partial charge in [0, 0.05) is 25.2 Å². The van der Waals surface area contributed by atoms with E-state index in [1.807, 2.05) is 12.1 Å². The molecule has 1 saturated heterocycles. The van der Waals surface area contributed by atoms with Gasteiger partial charge in [-0.2, -0.15) is 0 Å². The Balaban J connectivity index is 1.72. The van der Waals surface area contributed by atoms with E-state index >= 15 is 0 Å². The Morgan fingerprint density at radius 1 is 1.60 bits per heavy atom. The number of rotatable bonds is 3. The SMILES string of the molecule is Nc1c(C(=O)NCC2CCC(=O)N2)sc2cccnc12. The number of pyridine rings is 1. The van der Waals surface area contributed by atoms with Crippen LogP contribution < -0.4 is 16.4 Å². The number of fused-ring (bicyclic) bond motifs is 1. The lowest BCUT2D eigenvalue weighted by Gasteiger charge is -2.10. The highest BCUT2D eigenvalue weighted by Crippen LogP contribution is 2.31. The molecule has 20 heavy (non-hydrogen) atoms. The Morgan fingerprint density at radius 2 is 2.45 bits per heavy atom. The summed E-state index contributed by atoms with van der Waals surface area (Å²) in [7, 11) is 0. The van der Waals surface area contributed by atoms with E-state index in [9.17, 15) is 9.59 Å². The van der Waals surface area contributed by atoms with Gasteiger partial charge in [0.25, 0.3) is 5.91 Å². The van der Waals surface area contributed by atoms with Crippen LogP contribution in [0.2, 0.25) is 0 Å². The van der Waals surface area contributed by atoms with Gasteiger partial charge in [0.15, 0.2) is 0 Å². The first-order chi connectivity index (χ1) is 9.65. The predicted molar refractivity (Wildman–Crippen MR) is 77.5 cm³/mol. The summed E-state index contributed by atoms with van der Waals surface area (Å²) in [5.41, 5.74) is 7.04. The number of nitrogens with one attached hydrogen (secondary N) is 2. The normalized spacial score (nSPS) is 18.2. The van der Waals surface area contributed by atoms with Crippen molar-refractivity contribution in [1.29, 1.82) is 0 Å². The molecule has 0 aromatic carbocycles. The van der Waals surface area contributed by atoms with Gasteiger partial charge in [-0.05, 0) is 18.6 Å². The first-order valence-corrected chi connectivity index (χ1v) is 7.17. The molecule has 3 heterocycles. The molecule has 1 unspecified atom stereocenters. The van der Waals surface area contributed by atoms with Gasteiger partial charge in [-0.3, -0.25) is 14.6 Å². The summed E-state index contributed by atoms with van der Waals surface area (Å²) in [6.45, 7) is 0.422. The molecule has 4 N–H and O–H groups in total. The number of hydrogen-bond donors (Lipinski definition) is 3. The van der Waals surface area contributed by atoms with Gasteiger partial charge < -0.3 is 16.4 Å². The van der Waals surface area contributed by atoms with E-state index in [0.717, 1.165) is 11.1 Å². The average Bonchev–Trinajstić information content (AvgIpc) is 3.01. The molecule has 2 amide bonds. The summed E-state index contributed by atoms with van der Waals surface area (Å²) < 4.78 is 0.893. The minimum absolute atomic E-state index is 0.0141. The van der Waals surface area contributed by atoms with Crippen LogP contribution in [0.5, 0.6) is 0 Å². The van der Waals surface area contributed by atoms with Crippen molar-refractivity contribution in [2.75, 3.05) is 12.3 Å². The fraction of sp³-hybridized carbons (Fsp3) is 0.308. The number of nitrogens with two attached hydrogens (primary N) is 1. The molecule has 6 nitrogen and oxygen atoms in total. The maximum Gasteiger partial charge on any atom is 0.263 e. The van der Waals surface area contributed by atoms with Gasteiger partial charge in [0.2, 0.25) is 5.91 Å². The summed E-state index contributed by atoms with van der Waals surface area (Å²) in [6.07, 6.45) is 2.93. The topological polar surface area (TPSA) is 97.1 Å². The molecule has 1 aliphatic heterocycles. The zero-order valence-corrected chi connectivity index (χ0v) is 11.5. The average molecular weight is 290 g/mol. The molecule has 104 valence electrons. The van der Waals surface area contributed by atoms with E-state index in [1.54, 1.807) is 6.20 Å². The highest BCUT2D eigenvalue weighted by Gasteiger charge is 2.22. The Labute approximate surface area is 119 Å². The lowest BCUT2D eigenvalue weighted by Crippen LogP contribution is -2.38. The molecular weight excluding hydrogens is 276 g/mol. The third-order valence-corrected chi connectivity index (χ3v) is 4.44. The molecule has 2 aromatic heterocycles. The predicted octanol–water partition coefficient (Wildman–Crippen LogP) is 0.887. The second kappa shape index (κ2) is 5.09. The van der Waals surface area contributed by atoms with Crippen molar-refractivity contribution in [3.63, 3.8) is 0 Å². The van der Waals surface area contributed by atoms with Crippen LogP contribution in [0.4, 0.5) is 5.69 Å². The lowest BCUT2D eigenvalue weighted by molar-refractivity contribution is -0.119. The lowest BCUT2D eigenvalue weighted by atomic mass is 10.2. The van der Waals surface area contributed by atoms with Gasteiger partial charge in [0.05, 0.1) is 10.4 Å². The van der Waals surface area contributed by atoms with Gasteiger partial charge in [-0.1, -0.05) is 0 Å². The fourth-order valence-electron chi connectivity index (χ4n) is 2.24. The van der Waals surface area contributed by atoms with Crippen LogP contribution >= 0.6 is 11.3 Å². The molecule has 7 heteroatoms. The molecule has 0 bridgehead atoms. The number of amides is 2. The number of thiophene rings is 1. The van der Waals surface area contributed by atoms with E-state index < -0.39 is 0 Å². The van der Waals surface area contributed by atoms with Crippen LogP contribution in [-0.4, -0.2) is 29.4 Å². The van der Waals surface area contributed by atoms with Gasteiger partial charge >= 0.3 is 0 Å². The minimum atomic E-state index is -0.216. The van der Waals surface area contributed by atoms with Crippen molar-refractivity contribution in [1.82, 2.24) is 15.6 Å². The number of carbonyl (C=O) groups excluding carboxylic acids is 2. The molecule has 0 aliphatic carbocycles. The first-order valence-electron chi connectivity index (χ1n) is 6.35. The van der Waals surface area contributed by atoms with Gasteiger partial charge in [0.1, 0.15) is 10.4 Å². The van der Waals surface area contributed by atoms with Crippen molar-refractivity contribution in [3.8, 4) is 0 Å². The van der Waals surface area contributed by atoms with Crippen molar-refractivity contribution >= 4 is 39.1 Å². The Hall–Kier alpha value is -2.15. The zero-order chi connectivity index (χ0) is 14.1. The second-order valence-electron chi connectivity index (χ2n) is 4.71. The first kappa shape index (κ1) is 12.9. The number of carbonyl (C=O) groups is 2. The van der Waals surface area contributed by atoms with Crippen LogP contribution in [0.1, 0.15) is 22.5 Å². The van der Waals surface area contributed by atoms with Crippen molar-refractivity contribution < 1.29 is 9.59 Å². The molecule has 1 aliphatic rings. The smallest absolute Gasteiger partial charge is 0.263 e. The molecule has 1 atom stereocenters. The monoisotopic (exact) mass is 290 g/mol. The van der Waals surface area contributed by atoms with E-state index in [-0.39, 0.29) is 17.9 Å². The highest BCUT2D eigenvalue weighted by atomic mass is 32.1. The van der Waals surface area contributed by atoms with Crippen molar-refractivity contribution in [2.45, 2.75) is 18.9 Å². The minimum Gasteiger partial charge on any atom is -0.396 e. The summed E-state index contributed by atoms with van der Waals surface area (Å²) >= 11 is 1.33. The molecule has 1 fully saturated rings. The van der Waals surface area contributed by atoms with Crippen molar-refractivity contribution in [3.05, 3.63) is 23.2 Å². The number of nitrogen functional groups attached to an aromatic ring is 1. The summed E-state index contributed by atoms with van der Waals surface area (Å²) in [5.74, 6) is -0.179. The number of aromatic nitrogens is 1. The maximum atomic E-state index is 12.2. The van der Waals surface area contributed by atoms with E-state index in [1.165, 1.54) is 11.3 Å². The largest absolute Gasteiger partial charge is 0.396 e. The Bertz CT molecular complexity index is 682. The van der Waals surface area contributed by atoms with Crippen molar-refractivity contribution in [2.24, 2.45) is 0 Å².